The number of aromatic nitrogens is 1. The Morgan fingerprint density at radius 3 is 2.41 bits per heavy atom. The predicted octanol–water partition coefficient (Wildman–Crippen LogP) is 5.00. The Balaban J connectivity index is 1.92. The van der Waals surface area contributed by atoms with Gasteiger partial charge in [0.1, 0.15) is 17.4 Å². The van der Waals surface area contributed by atoms with Gasteiger partial charge in [-0.1, -0.05) is 11.6 Å². The quantitative estimate of drug-likeness (QED) is 0.407. The van der Waals surface area contributed by atoms with Crippen molar-refractivity contribution in [2.24, 2.45) is 0 Å². The number of nitrogens with zero attached hydrogens (tertiary/aromatic N) is 2. The van der Waals surface area contributed by atoms with Crippen molar-refractivity contribution in [2.75, 3.05) is 12.4 Å². The van der Waals surface area contributed by atoms with Crippen molar-refractivity contribution in [3.8, 4) is 17.5 Å². The van der Waals surface area contributed by atoms with E-state index in [1.807, 2.05) is 30.6 Å². The summed E-state index contributed by atoms with van der Waals surface area (Å²) in [5, 5.41) is 21.5. The van der Waals surface area contributed by atoms with E-state index in [4.69, 9.17) is 16.3 Å². The lowest BCUT2D eigenvalue weighted by molar-refractivity contribution is -0.112. The number of hydrogen-bond donors (Lipinski definition) is 2. The molecule has 1 heterocycles. The maximum Gasteiger partial charge on any atom is 0.337 e. The first-order valence-electron chi connectivity index (χ1n) is 9.54. The zero-order valence-electron chi connectivity index (χ0n) is 17.6. The number of benzene rings is 2. The summed E-state index contributed by atoms with van der Waals surface area (Å²) in [5.41, 5.74) is 3.46. The van der Waals surface area contributed by atoms with Crippen LogP contribution in [0.5, 0.6) is 5.75 Å². The molecular weight excluding hydrogens is 430 g/mol. The van der Waals surface area contributed by atoms with Gasteiger partial charge in [-0.05, 0) is 74.0 Å². The maximum absolute atomic E-state index is 12.6. The molecule has 2 aromatic carbocycles. The molecule has 162 valence electrons. The lowest BCUT2D eigenvalue weighted by Gasteiger charge is -2.11. The molecule has 8 heteroatoms. The Morgan fingerprint density at radius 2 is 1.84 bits per heavy atom. The molecule has 32 heavy (non-hydrogen) atoms. The Labute approximate surface area is 190 Å². The number of amides is 1. The van der Waals surface area contributed by atoms with Gasteiger partial charge in [0, 0.05) is 22.8 Å². The summed E-state index contributed by atoms with van der Waals surface area (Å²) in [6.45, 7) is 3.71. The van der Waals surface area contributed by atoms with E-state index >= 15 is 0 Å². The molecule has 0 aliphatic rings. The Kier molecular flexibility index (Phi) is 6.67. The Hall–Kier alpha value is -4.02. The molecule has 1 aromatic heterocycles. The van der Waals surface area contributed by atoms with Gasteiger partial charge < -0.3 is 19.7 Å². The first-order chi connectivity index (χ1) is 15.2. The molecule has 3 aromatic rings. The second-order valence-corrected chi connectivity index (χ2v) is 7.39. The summed E-state index contributed by atoms with van der Waals surface area (Å²) in [5.74, 6) is -0.980. The average molecular weight is 450 g/mol. The number of rotatable bonds is 6. The normalized spacial score (nSPS) is 11.0. The van der Waals surface area contributed by atoms with Gasteiger partial charge in [0.25, 0.3) is 5.91 Å². The lowest BCUT2D eigenvalue weighted by atomic mass is 10.1. The number of anilines is 1. The summed E-state index contributed by atoms with van der Waals surface area (Å²) >= 11 is 6.12. The van der Waals surface area contributed by atoms with E-state index in [0.717, 1.165) is 11.4 Å². The Morgan fingerprint density at radius 1 is 1.16 bits per heavy atom. The molecule has 3 rings (SSSR count). The van der Waals surface area contributed by atoms with Crippen molar-refractivity contribution in [2.45, 2.75) is 13.8 Å². The van der Waals surface area contributed by atoms with Crippen LogP contribution < -0.4 is 10.1 Å². The number of carboxylic acids is 1. The number of nitrogens with one attached hydrogen (secondary N) is 1. The van der Waals surface area contributed by atoms with Gasteiger partial charge in [-0.3, -0.25) is 4.79 Å². The molecule has 0 aliphatic heterocycles. The van der Waals surface area contributed by atoms with Crippen LogP contribution in [0.25, 0.3) is 11.8 Å². The van der Waals surface area contributed by atoms with Gasteiger partial charge in [-0.2, -0.15) is 5.26 Å². The van der Waals surface area contributed by atoms with Crippen molar-refractivity contribution in [3.05, 3.63) is 81.6 Å². The van der Waals surface area contributed by atoms with Gasteiger partial charge in [-0.15, -0.1) is 0 Å². The van der Waals surface area contributed by atoms with E-state index in [0.29, 0.717) is 22.7 Å². The highest BCUT2D eigenvalue weighted by Crippen LogP contribution is 2.27. The highest BCUT2D eigenvalue weighted by atomic mass is 35.5. The molecule has 0 unspecified atom stereocenters. The number of carboxylic acid groups (broad SMARTS) is 1. The Bertz CT molecular complexity index is 1270. The number of aromatic carboxylic acids is 1. The van der Waals surface area contributed by atoms with Crippen LogP contribution in [-0.4, -0.2) is 28.7 Å². The number of ether oxygens (including phenoxy) is 1. The lowest BCUT2D eigenvalue weighted by Crippen LogP contribution is -2.13. The fraction of sp³-hybridized carbons (Fsp3) is 0.125. The van der Waals surface area contributed by atoms with Crippen LogP contribution in [0, 0.1) is 25.2 Å². The van der Waals surface area contributed by atoms with Gasteiger partial charge >= 0.3 is 5.97 Å². The van der Waals surface area contributed by atoms with Crippen molar-refractivity contribution in [3.63, 3.8) is 0 Å². The van der Waals surface area contributed by atoms with Gasteiger partial charge in [0.15, 0.2) is 0 Å². The van der Waals surface area contributed by atoms with E-state index in [1.54, 1.807) is 43.5 Å². The number of halogens is 1. The van der Waals surface area contributed by atoms with E-state index in [2.05, 4.69) is 5.32 Å². The molecule has 0 radical (unpaired) electrons. The van der Waals surface area contributed by atoms with Crippen molar-refractivity contribution < 1.29 is 19.4 Å². The molecule has 0 atom stereocenters. The highest BCUT2D eigenvalue weighted by Gasteiger charge is 2.16. The molecule has 0 saturated carbocycles. The van der Waals surface area contributed by atoms with Crippen LogP contribution in [-0.2, 0) is 4.79 Å². The zero-order valence-corrected chi connectivity index (χ0v) is 18.4. The summed E-state index contributed by atoms with van der Waals surface area (Å²) < 4.78 is 6.97. The van der Waals surface area contributed by atoms with Crippen LogP contribution >= 0.6 is 11.6 Å². The number of methoxy groups -OCH3 is 1. The minimum atomic E-state index is -1.10. The molecule has 2 N–H and O–H groups in total. The number of carbonyl (C=O) groups is 2. The third-order valence-electron chi connectivity index (χ3n) is 4.92. The molecular formula is C24H20ClN3O4. The van der Waals surface area contributed by atoms with Crippen molar-refractivity contribution in [1.29, 1.82) is 5.26 Å². The first-order valence-corrected chi connectivity index (χ1v) is 9.92. The molecule has 0 fully saturated rings. The number of aryl methyl sites for hydroxylation is 1. The monoisotopic (exact) mass is 449 g/mol. The van der Waals surface area contributed by atoms with E-state index in [-0.39, 0.29) is 16.2 Å². The van der Waals surface area contributed by atoms with Crippen LogP contribution in [0.4, 0.5) is 5.69 Å². The number of nitriles is 1. The van der Waals surface area contributed by atoms with E-state index in [1.165, 1.54) is 12.1 Å². The third-order valence-corrected chi connectivity index (χ3v) is 5.24. The molecule has 0 spiro atoms. The molecule has 7 nitrogen and oxygen atoms in total. The van der Waals surface area contributed by atoms with Gasteiger partial charge in [-0.25, -0.2) is 4.79 Å². The first kappa shape index (κ1) is 22.7. The van der Waals surface area contributed by atoms with Crippen molar-refractivity contribution in [1.82, 2.24) is 4.57 Å². The average Bonchev–Trinajstić information content (AvgIpc) is 3.04. The SMILES string of the molecule is COc1ccc(NC(=O)/C(C#N)=C\c2cc(C)n(-c3ccc(C(=O)O)c(Cl)c3)c2C)cc1. The standard InChI is InChI=1S/C24H20ClN3O4/c1-14-10-16(15(2)28(14)19-6-9-21(24(30)31)22(25)12-19)11-17(13-26)23(29)27-18-4-7-20(32-3)8-5-18/h4-12H,1-3H3,(H,27,29)(H,30,31)/b17-11-. The van der Waals surface area contributed by atoms with Crippen LogP contribution in [0.1, 0.15) is 27.3 Å². The second-order valence-electron chi connectivity index (χ2n) is 6.98. The molecule has 1 amide bonds. The molecule has 0 saturated heterocycles. The third kappa shape index (κ3) is 4.66. The summed E-state index contributed by atoms with van der Waals surface area (Å²) in [6.07, 6.45) is 1.52. The largest absolute Gasteiger partial charge is 0.497 e. The number of hydrogen-bond acceptors (Lipinski definition) is 4. The minimum absolute atomic E-state index is 0.0139. The van der Waals surface area contributed by atoms with Crippen molar-refractivity contribution >= 4 is 35.2 Å². The predicted molar refractivity (Wildman–Crippen MR) is 122 cm³/mol. The highest BCUT2D eigenvalue weighted by molar-refractivity contribution is 6.33. The summed E-state index contributed by atoms with van der Waals surface area (Å²) in [4.78, 5) is 23.8. The zero-order chi connectivity index (χ0) is 23.4. The fourth-order valence-corrected chi connectivity index (χ4v) is 3.58. The van der Waals surface area contributed by atoms with Crippen LogP contribution in [0.3, 0.4) is 0 Å². The summed E-state index contributed by atoms with van der Waals surface area (Å²) in [6, 6.07) is 15.2. The smallest absolute Gasteiger partial charge is 0.337 e. The fourth-order valence-electron chi connectivity index (χ4n) is 3.32. The number of carbonyl (C=O) groups excluding carboxylic acids is 1. The van der Waals surface area contributed by atoms with Crippen LogP contribution in [0.15, 0.2) is 54.1 Å². The van der Waals surface area contributed by atoms with E-state index in [9.17, 15) is 20.0 Å². The van der Waals surface area contributed by atoms with Crippen LogP contribution in [0.2, 0.25) is 5.02 Å². The van der Waals surface area contributed by atoms with E-state index < -0.39 is 11.9 Å². The molecule has 0 bridgehead atoms. The minimum Gasteiger partial charge on any atom is -0.497 e. The summed E-state index contributed by atoms with van der Waals surface area (Å²) in [7, 11) is 1.55. The molecule has 0 aliphatic carbocycles. The second kappa shape index (κ2) is 9.41. The van der Waals surface area contributed by atoms with Gasteiger partial charge in [0.2, 0.25) is 0 Å². The topological polar surface area (TPSA) is 104 Å². The maximum atomic E-state index is 12.6. The van der Waals surface area contributed by atoms with Gasteiger partial charge in [0.05, 0.1) is 17.7 Å².